The Morgan fingerprint density at radius 3 is 2.72 bits per heavy atom. The minimum absolute atomic E-state index is 0.0640. The average molecular weight is 529 g/mol. The summed E-state index contributed by atoms with van der Waals surface area (Å²) in [6, 6.07) is 17.6. The molecule has 5 rings (SSSR count). The summed E-state index contributed by atoms with van der Waals surface area (Å²) in [4.78, 5) is 35.4. The van der Waals surface area contributed by atoms with E-state index in [1.54, 1.807) is 29.3 Å². The largest absolute Gasteiger partial charge is 0.396 e. The molecule has 3 heterocycles. The van der Waals surface area contributed by atoms with Crippen LogP contribution < -0.4 is 16.4 Å². The molecule has 2 amide bonds. The van der Waals surface area contributed by atoms with Crippen molar-refractivity contribution in [2.45, 2.75) is 13.0 Å². The van der Waals surface area contributed by atoms with Gasteiger partial charge in [-0.15, -0.1) is 0 Å². The number of fused-ring (bicyclic) bond motifs is 1. The van der Waals surface area contributed by atoms with Gasteiger partial charge in [-0.1, -0.05) is 18.2 Å². The van der Waals surface area contributed by atoms with Crippen molar-refractivity contribution in [1.29, 1.82) is 0 Å². The smallest absolute Gasteiger partial charge is 0.254 e. The SMILES string of the molecule is Nc1ccc(-c2ccc(C(=O)NCCC(=O)N3CCOCC3)c(F)c2)nc1NCc1ccc2ncccc2c1. The molecule has 1 fully saturated rings. The summed E-state index contributed by atoms with van der Waals surface area (Å²) >= 11 is 0. The standard InChI is InChI=1S/C29H29FN6O3/c30-23-17-21(4-5-22(23)29(38)33-11-9-27(37)36-12-14-39-15-13-36)26-8-6-24(31)28(35-26)34-18-19-3-7-25-20(16-19)2-1-10-32-25/h1-8,10,16-17H,9,11-15,18,31H2,(H,33,38)(H,34,35). The van der Waals surface area contributed by atoms with Gasteiger partial charge in [-0.05, 0) is 48.0 Å². The second-order valence-corrected chi connectivity index (χ2v) is 9.21. The molecule has 0 spiro atoms. The molecule has 0 saturated carbocycles. The number of nitrogens with zero attached hydrogens (tertiary/aromatic N) is 3. The van der Waals surface area contributed by atoms with Gasteiger partial charge in [0, 0.05) is 49.7 Å². The first-order chi connectivity index (χ1) is 19.0. The fourth-order valence-corrected chi connectivity index (χ4v) is 4.40. The fourth-order valence-electron chi connectivity index (χ4n) is 4.40. The van der Waals surface area contributed by atoms with E-state index in [-0.39, 0.29) is 24.4 Å². The van der Waals surface area contributed by atoms with Crippen LogP contribution >= 0.6 is 0 Å². The van der Waals surface area contributed by atoms with E-state index in [1.807, 2.05) is 30.3 Å². The van der Waals surface area contributed by atoms with Crippen molar-refractivity contribution in [3.05, 3.63) is 83.8 Å². The lowest BCUT2D eigenvalue weighted by molar-refractivity contribution is -0.135. The summed E-state index contributed by atoms with van der Waals surface area (Å²) in [7, 11) is 0. The van der Waals surface area contributed by atoms with Crippen LogP contribution in [0.4, 0.5) is 15.9 Å². The number of rotatable bonds is 8. The van der Waals surface area contributed by atoms with Crippen LogP contribution in [0.15, 0.2) is 66.9 Å². The van der Waals surface area contributed by atoms with Crippen LogP contribution in [0.2, 0.25) is 0 Å². The zero-order chi connectivity index (χ0) is 27.2. The Morgan fingerprint density at radius 2 is 1.90 bits per heavy atom. The normalized spacial score (nSPS) is 13.3. The highest BCUT2D eigenvalue weighted by atomic mass is 19.1. The number of hydrogen-bond acceptors (Lipinski definition) is 7. The van der Waals surface area contributed by atoms with Gasteiger partial charge < -0.3 is 26.0 Å². The van der Waals surface area contributed by atoms with Gasteiger partial charge in [-0.25, -0.2) is 9.37 Å². The van der Waals surface area contributed by atoms with Gasteiger partial charge in [0.15, 0.2) is 0 Å². The average Bonchev–Trinajstić information content (AvgIpc) is 2.97. The predicted molar refractivity (Wildman–Crippen MR) is 147 cm³/mol. The van der Waals surface area contributed by atoms with Crippen LogP contribution in [-0.4, -0.2) is 59.5 Å². The maximum atomic E-state index is 14.9. The molecule has 4 aromatic rings. The number of amides is 2. The fraction of sp³-hybridized carbons (Fsp3) is 0.241. The lowest BCUT2D eigenvalue weighted by atomic mass is 10.1. The van der Waals surface area contributed by atoms with Crippen molar-refractivity contribution in [2.24, 2.45) is 0 Å². The summed E-state index contributed by atoms with van der Waals surface area (Å²) in [5, 5.41) is 6.91. The number of nitrogens with one attached hydrogen (secondary N) is 2. The number of nitrogen functional groups attached to an aromatic ring is 1. The number of morpholine rings is 1. The summed E-state index contributed by atoms with van der Waals surface area (Å²) in [6.45, 7) is 2.73. The van der Waals surface area contributed by atoms with E-state index < -0.39 is 11.7 Å². The Kier molecular flexibility index (Phi) is 7.93. The van der Waals surface area contributed by atoms with Crippen molar-refractivity contribution in [3.8, 4) is 11.3 Å². The molecule has 10 heteroatoms. The van der Waals surface area contributed by atoms with Crippen LogP contribution in [-0.2, 0) is 16.1 Å². The third kappa shape index (κ3) is 6.29. The highest BCUT2D eigenvalue weighted by molar-refractivity contribution is 5.95. The van der Waals surface area contributed by atoms with Crippen molar-refractivity contribution >= 4 is 34.2 Å². The number of nitrogens with two attached hydrogens (primary N) is 1. The van der Waals surface area contributed by atoms with Gasteiger partial charge in [0.1, 0.15) is 11.6 Å². The number of aromatic nitrogens is 2. The number of carbonyl (C=O) groups excluding carboxylic acids is 2. The molecule has 2 aromatic carbocycles. The van der Waals surface area contributed by atoms with Crippen molar-refractivity contribution in [1.82, 2.24) is 20.2 Å². The summed E-state index contributed by atoms with van der Waals surface area (Å²) in [6.07, 6.45) is 1.90. The number of hydrogen-bond donors (Lipinski definition) is 3. The molecule has 0 unspecified atom stereocenters. The van der Waals surface area contributed by atoms with Crippen LogP contribution in [0.25, 0.3) is 22.2 Å². The number of halogens is 1. The Hall–Kier alpha value is -4.57. The first-order valence-electron chi connectivity index (χ1n) is 12.8. The van der Waals surface area contributed by atoms with Crippen LogP contribution in [0.5, 0.6) is 0 Å². The number of carbonyl (C=O) groups is 2. The van der Waals surface area contributed by atoms with Crippen molar-refractivity contribution in [3.63, 3.8) is 0 Å². The molecular formula is C29H29FN6O3. The highest BCUT2D eigenvalue weighted by Crippen LogP contribution is 2.26. The molecule has 0 atom stereocenters. The Bertz CT molecular complexity index is 1510. The third-order valence-electron chi connectivity index (χ3n) is 6.55. The second kappa shape index (κ2) is 11.9. The van der Waals surface area contributed by atoms with Gasteiger partial charge >= 0.3 is 0 Å². The zero-order valence-electron chi connectivity index (χ0n) is 21.3. The topological polar surface area (TPSA) is 122 Å². The molecule has 39 heavy (non-hydrogen) atoms. The quantitative estimate of drug-likeness (QED) is 0.319. The van der Waals surface area contributed by atoms with E-state index in [2.05, 4.69) is 20.6 Å². The van der Waals surface area contributed by atoms with Gasteiger partial charge in [0.05, 0.1) is 35.7 Å². The first-order valence-corrected chi connectivity index (χ1v) is 12.8. The maximum absolute atomic E-state index is 14.9. The Balaban J connectivity index is 1.21. The molecule has 0 radical (unpaired) electrons. The number of ether oxygens (including phenoxy) is 1. The lowest BCUT2D eigenvalue weighted by Crippen LogP contribution is -2.42. The van der Waals surface area contributed by atoms with E-state index >= 15 is 0 Å². The van der Waals surface area contributed by atoms with E-state index in [9.17, 15) is 14.0 Å². The Morgan fingerprint density at radius 1 is 1.05 bits per heavy atom. The summed E-state index contributed by atoms with van der Waals surface area (Å²) in [5.74, 6) is -0.841. The predicted octanol–water partition coefficient (Wildman–Crippen LogP) is 3.61. The molecule has 1 aliphatic heterocycles. The molecule has 2 aromatic heterocycles. The molecule has 4 N–H and O–H groups in total. The molecule has 200 valence electrons. The minimum Gasteiger partial charge on any atom is -0.396 e. The number of pyridine rings is 2. The zero-order valence-corrected chi connectivity index (χ0v) is 21.3. The number of anilines is 2. The minimum atomic E-state index is -0.678. The molecular weight excluding hydrogens is 499 g/mol. The van der Waals surface area contributed by atoms with E-state index in [0.717, 1.165) is 16.5 Å². The van der Waals surface area contributed by atoms with Gasteiger partial charge in [-0.2, -0.15) is 0 Å². The van der Waals surface area contributed by atoms with Crippen LogP contribution in [0, 0.1) is 5.82 Å². The van der Waals surface area contributed by atoms with Crippen LogP contribution in [0.1, 0.15) is 22.3 Å². The van der Waals surface area contributed by atoms with Crippen molar-refractivity contribution in [2.75, 3.05) is 43.9 Å². The second-order valence-electron chi connectivity index (χ2n) is 9.21. The first kappa shape index (κ1) is 26.1. The third-order valence-corrected chi connectivity index (χ3v) is 6.55. The van der Waals surface area contributed by atoms with Crippen molar-refractivity contribution < 1.29 is 18.7 Å². The van der Waals surface area contributed by atoms with E-state index in [4.69, 9.17) is 10.5 Å². The molecule has 1 saturated heterocycles. The lowest BCUT2D eigenvalue weighted by Gasteiger charge is -2.26. The molecule has 0 aliphatic carbocycles. The van der Waals surface area contributed by atoms with E-state index in [0.29, 0.717) is 55.6 Å². The Labute approximate surface area is 225 Å². The van der Waals surface area contributed by atoms with Gasteiger partial charge in [-0.3, -0.25) is 14.6 Å². The monoisotopic (exact) mass is 528 g/mol. The molecule has 9 nitrogen and oxygen atoms in total. The maximum Gasteiger partial charge on any atom is 0.254 e. The van der Waals surface area contributed by atoms with Gasteiger partial charge in [0.2, 0.25) is 5.91 Å². The highest BCUT2D eigenvalue weighted by Gasteiger charge is 2.18. The molecule has 0 bridgehead atoms. The van der Waals surface area contributed by atoms with Gasteiger partial charge in [0.25, 0.3) is 5.91 Å². The molecule has 1 aliphatic rings. The number of benzene rings is 2. The summed E-state index contributed by atoms with van der Waals surface area (Å²) in [5.41, 5.74) is 9.47. The van der Waals surface area contributed by atoms with Crippen LogP contribution in [0.3, 0.4) is 0 Å². The summed E-state index contributed by atoms with van der Waals surface area (Å²) < 4.78 is 20.2. The van der Waals surface area contributed by atoms with E-state index in [1.165, 1.54) is 12.1 Å².